The topological polar surface area (TPSA) is 153 Å². The molecule has 3 radical (unpaired) electrons. The van der Waals surface area contributed by atoms with E-state index in [4.69, 9.17) is 14.2 Å². The number of hydrogen-bond acceptors (Lipinski definition) is 9. The molecule has 13 heteroatoms. The van der Waals surface area contributed by atoms with Crippen molar-refractivity contribution in [2.24, 2.45) is 30.7 Å². The molecule has 0 N–H and O–H groups in total. The van der Waals surface area contributed by atoms with Crippen molar-refractivity contribution in [3.63, 3.8) is 0 Å². The number of azo groups is 3. The first-order valence-corrected chi connectivity index (χ1v) is 13.4. The molecule has 3 aromatic carbocycles. The Morgan fingerprint density at radius 3 is 1.17 bits per heavy atom. The first-order valence-electron chi connectivity index (χ1n) is 12.9. The molecule has 0 unspecified atom stereocenters. The van der Waals surface area contributed by atoms with Crippen molar-refractivity contribution in [3.05, 3.63) is 101 Å². The summed E-state index contributed by atoms with van der Waals surface area (Å²) in [5, 5.41) is 22.4. The van der Waals surface area contributed by atoms with Crippen LogP contribution in [0.1, 0.15) is 51.8 Å². The van der Waals surface area contributed by atoms with Crippen LogP contribution < -0.4 is 14.2 Å². The highest BCUT2D eigenvalue weighted by Crippen LogP contribution is 2.23. The maximum atomic E-state index is 12.8. The molecule has 0 fully saturated rings. The van der Waals surface area contributed by atoms with Crippen molar-refractivity contribution < 1.29 is 28.6 Å². The number of ether oxygens (including phenoxy) is 3. The third kappa shape index (κ3) is 8.66. The van der Waals surface area contributed by atoms with E-state index in [2.05, 4.69) is 40.9 Å². The van der Waals surface area contributed by atoms with Crippen molar-refractivity contribution in [2.45, 2.75) is 20.8 Å². The van der Waals surface area contributed by atoms with Crippen LogP contribution in [0, 0.1) is 0 Å². The summed E-state index contributed by atoms with van der Waals surface area (Å²) < 4.78 is 16.4. The van der Waals surface area contributed by atoms with Gasteiger partial charge in [0.05, 0.1) is 41.8 Å². The van der Waals surface area contributed by atoms with Gasteiger partial charge in [0.15, 0.2) is 0 Å². The quantitative estimate of drug-likeness (QED) is 0.179. The molecule has 3 amide bonds. The number of carbonyl (C=O) groups excluding carboxylic acids is 3. The zero-order valence-corrected chi connectivity index (χ0v) is 24.2. The molecule has 0 aromatic heterocycles. The largest absolute Gasteiger partial charge is 0.493 e. The van der Waals surface area contributed by atoms with E-state index in [0.717, 1.165) is 0 Å². The van der Waals surface area contributed by atoms with E-state index in [9.17, 15) is 14.4 Å². The Bertz CT molecular complexity index is 1480. The maximum Gasteiger partial charge on any atom is 0.299 e. The second-order valence-corrected chi connectivity index (χ2v) is 8.45. The van der Waals surface area contributed by atoms with Crippen LogP contribution in [0.5, 0.6) is 17.2 Å². The van der Waals surface area contributed by atoms with Gasteiger partial charge in [-0.15, -0.1) is 25.6 Å². The summed E-state index contributed by atoms with van der Waals surface area (Å²) in [5.74, 6) is -1.67. The molecule has 0 saturated heterocycles. The number of amides is 3. The van der Waals surface area contributed by atoms with Crippen LogP contribution in [-0.2, 0) is 0 Å². The molecular weight excluding hydrogens is 556 g/mol. The lowest BCUT2D eigenvalue weighted by Gasteiger charge is -2.06. The zero-order valence-electron chi connectivity index (χ0n) is 23.2. The van der Waals surface area contributed by atoms with E-state index < -0.39 is 23.5 Å². The minimum atomic E-state index is -0.752. The zero-order chi connectivity index (χ0) is 30.3. The van der Waals surface area contributed by atoms with Gasteiger partial charge in [-0.1, -0.05) is 36.4 Å². The lowest BCUT2D eigenvalue weighted by atomic mass is 10.2. The average molecular weight is 584 g/mol. The lowest BCUT2D eigenvalue weighted by Crippen LogP contribution is -2.02. The second-order valence-electron chi connectivity index (χ2n) is 7.98. The molecule has 0 aliphatic carbocycles. The Kier molecular flexibility index (Phi) is 12.1. The van der Waals surface area contributed by atoms with Crippen LogP contribution in [0.4, 0.5) is 0 Å². The first kappa shape index (κ1) is 31.4. The van der Waals surface area contributed by atoms with E-state index >= 15 is 0 Å². The van der Waals surface area contributed by atoms with Crippen molar-refractivity contribution in [1.82, 2.24) is 0 Å². The predicted molar refractivity (Wildman–Crippen MR) is 153 cm³/mol. The van der Waals surface area contributed by atoms with Crippen LogP contribution in [0.2, 0.25) is 0 Å². The van der Waals surface area contributed by atoms with Gasteiger partial charge in [-0.25, -0.2) is 0 Å². The van der Waals surface area contributed by atoms with Crippen LogP contribution in [0.25, 0.3) is 0 Å². The van der Waals surface area contributed by atoms with Crippen molar-refractivity contribution in [2.75, 3.05) is 19.8 Å². The number of rotatable bonds is 12. The summed E-state index contributed by atoms with van der Waals surface area (Å²) in [5.41, 5.74) is 0.486. The molecule has 213 valence electrons. The van der Waals surface area contributed by atoms with Gasteiger partial charge in [-0.3, -0.25) is 14.4 Å². The third-order valence-electron chi connectivity index (χ3n) is 5.18. The van der Waals surface area contributed by atoms with Crippen LogP contribution in [-0.4, -0.2) is 47.8 Å². The SMILES string of the molecule is CCOc1ccccc1C(=O)N=NC([Si])=C(N=NC(=O)c1ccccc1OCC)N=NC(=O)c1ccccc1OCC. The van der Waals surface area contributed by atoms with Gasteiger partial charge in [-0.2, -0.15) is 5.11 Å². The van der Waals surface area contributed by atoms with Gasteiger partial charge in [0, 0.05) is 0 Å². The summed E-state index contributed by atoms with van der Waals surface area (Å²) >= 11 is 0. The van der Waals surface area contributed by atoms with Crippen LogP contribution in [0.15, 0.2) is 115 Å². The lowest BCUT2D eigenvalue weighted by molar-refractivity contribution is 0.0980. The Labute approximate surface area is 245 Å². The Balaban J connectivity index is 1.97. The number of para-hydroxylation sites is 3. The minimum absolute atomic E-state index is 0.154. The highest BCUT2D eigenvalue weighted by molar-refractivity contribution is 6.21. The standard InChI is InChI=1S/C29H27N6O6Si/c1-4-39-22-16-10-7-13-19(22)26(36)32-30-25(31-33-27(37)20-14-8-11-17-23(20)40-5-2)29(42)35-34-28(38)21-15-9-12-18-24(21)41-6-3/h7-18H,4-6H2,1-3H3. The van der Waals surface area contributed by atoms with E-state index in [1.165, 1.54) is 18.2 Å². The fourth-order valence-corrected chi connectivity index (χ4v) is 3.53. The van der Waals surface area contributed by atoms with Gasteiger partial charge < -0.3 is 14.2 Å². The summed E-state index contributed by atoms with van der Waals surface area (Å²) in [7, 11) is 3.21. The van der Waals surface area contributed by atoms with Crippen molar-refractivity contribution in [3.8, 4) is 17.2 Å². The smallest absolute Gasteiger partial charge is 0.299 e. The summed E-state index contributed by atoms with van der Waals surface area (Å²) in [6.07, 6.45) is 0. The molecule has 0 spiro atoms. The highest BCUT2D eigenvalue weighted by Gasteiger charge is 2.15. The summed E-state index contributed by atoms with van der Waals surface area (Å²) in [6.45, 7) is 6.35. The number of nitrogens with zero attached hydrogens (tertiary/aromatic N) is 6. The number of benzene rings is 3. The Morgan fingerprint density at radius 1 is 0.524 bits per heavy atom. The molecule has 0 aliphatic rings. The molecule has 3 rings (SSSR count). The molecule has 0 bridgehead atoms. The first-order chi connectivity index (χ1) is 20.4. The maximum absolute atomic E-state index is 12.8. The Hall–Kier alpha value is -5.17. The normalized spacial score (nSPS) is 11.1. The van der Waals surface area contributed by atoms with Crippen LogP contribution in [0.3, 0.4) is 0 Å². The average Bonchev–Trinajstić information content (AvgIpc) is 3.00. The van der Waals surface area contributed by atoms with Crippen LogP contribution >= 0.6 is 0 Å². The highest BCUT2D eigenvalue weighted by atomic mass is 28.1. The number of carbonyl (C=O) groups is 3. The Morgan fingerprint density at radius 2 is 0.833 bits per heavy atom. The molecule has 3 aromatic rings. The van der Waals surface area contributed by atoms with Gasteiger partial charge in [0.25, 0.3) is 17.7 Å². The molecule has 0 aliphatic heterocycles. The van der Waals surface area contributed by atoms with E-state index in [1.54, 1.807) is 75.4 Å². The molecule has 0 atom stereocenters. The monoisotopic (exact) mass is 583 g/mol. The minimum Gasteiger partial charge on any atom is -0.493 e. The van der Waals surface area contributed by atoms with Crippen molar-refractivity contribution in [1.29, 1.82) is 0 Å². The fourth-order valence-electron chi connectivity index (χ4n) is 3.38. The molecule has 42 heavy (non-hydrogen) atoms. The number of hydrogen-bond donors (Lipinski definition) is 0. The van der Waals surface area contributed by atoms with E-state index in [0.29, 0.717) is 37.1 Å². The van der Waals surface area contributed by atoms with E-state index in [1.807, 2.05) is 0 Å². The summed E-state index contributed by atoms with van der Waals surface area (Å²) in [4.78, 5) is 38.4. The molecular formula is C29H27N6O6Si. The molecule has 12 nitrogen and oxygen atoms in total. The van der Waals surface area contributed by atoms with Gasteiger partial charge >= 0.3 is 0 Å². The van der Waals surface area contributed by atoms with Gasteiger partial charge in [0.2, 0.25) is 5.82 Å². The van der Waals surface area contributed by atoms with Gasteiger partial charge in [0.1, 0.15) is 27.5 Å². The van der Waals surface area contributed by atoms with Crippen molar-refractivity contribution >= 4 is 28.0 Å². The molecule has 0 saturated carbocycles. The molecule has 0 heterocycles. The predicted octanol–water partition coefficient (Wildman–Crippen LogP) is 6.36. The second kappa shape index (κ2) is 16.2. The fraction of sp³-hybridized carbons (Fsp3) is 0.207. The summed E-state index contributed by atoms with van der Waals surface area (Å²) in [6, 6.07) is 19.5. The van der Waals surface area contributed by atoms with E-state index in [-0.39, 0.29) is 22.0 Å². The van der Waals surface area contributed by atoms with Gasteiger partial charge in [-0.05, 0) is 57.2 Å². The third-order valence-corrected chi connectivity index (χ3v) is 5.50.